The van der Waals surface area contributed by atoms with Crippen molar-refractivity contribution in [1.82, 2.24) is 0 Å². The first kappa shape index (κ1) is 17.3. The lowest BCUT2D eigenvalue weighted by molar-refractivity contribution is -0.126. The molecule has 0 saturated heterocycles. The number of anilines is 1. The number of ether oxygens (including phenoxy) is 1. The summed E-state index contributed by atoms with van der Waals surface area (Å²) in [5, 5.41) is 0.648. The van der Waals surface area contributed by atoms with E-state index >= 15 is 0 Å². The van der Waals surface area contributed by atoms with Crippen LogP contribution in [0, 0.1) is 0 Å². The lowest BCUT2D eigenvalue weighted by atomic mass is 10.2. The Kier molecular flexibility index (Phi) is 5.64. The van der Waals surface area contributed by atoms with Crippen LogP contribution in [0.1, 0.15) is 17.3 Å². The van der Waals surface area contributed by atoms with E-state index in [9.17, 15) is 9.59 Å². The summed E-state index contributed by atoms with van der Waals surface area (Å²) in [6.07, 6.45) is -0.939. The molecule has 120 valence electrons. The van der Waals surface area contributed by atoms with Crippen LogP contribution in [0.3, 0.4) is 0 Å². The molecule has 2 aromatic carbocycles. The molecule has 0 fully saturated rings. The molecule has 0 aliphatic rings. The Labute approximate surface area is 144 Å². The van der Waals surface area contributed by atoms with Crippen molar-refractivity contribution < 1.29 is 14.3 Å². The molecule has 0 spiro atoms. The van der Waals surface area contributed by atoms with Crippen LogP contribution in [0.15, 0.2) is 48.5 Å². The molecule has 6 heteroatoms. The third-order valence-corrected chi connectivity index (χ3v) is 3.64. The van der Waals surface area contributed by atoms with Crippen LogP contribution >= 0.6 is 23.2 Å². The molecule has 0 bridgehead atoms. The van der Waals surface area contributed by atoms with E-state index in [0.717, 1.165) is 0 Å². The first-order chi connectivity index (χ1) is 10.9. The second-order valence-corrected chi connectivity index (χ2v) is 5.81. The number of esters is 1. The summed E-state index contributed by atoms with van der Waals surface area (Å²) < 4.78 is 5.20. The molecule has 1 atom stereocenters. The average molecular weight is 352 g/mol. The van der Waals surface area contributed by atoms with E-state index in [2.05, 4.69) is 0 Å². The predicted molar refractivity (Wildman–Crippen MR) is 91.2 cm³/mol. The fourth-order valence-electron chi connectivity index (χ4n) is 2.00. The molecule has 0 unspecified atom stereocenters. The van der Waals surface area contributed by atoms with Crippen molar-refractivity contribution in [3.8, 4) is 0 Å². The monoisotopic (exact) mass is 351 g/mol. The summed E-state index contributed by atoms with van der Waals surface area (Å²) in [7, 11) is 1.62. The number of likely N-dealkylation sites (N-methyl/N-ethyl adjacent to an activating group) is 1. The maximum absolute atomic E-state index is 12.3. The van der Waals surface area contributed by atoms with E-state index in [1.807, 2.05) is 18.2 Å². The molecule has 23 heavy (non-hydrogen) atoms. The number of nitrogens with zero attached hydrogens (tertiary/aromatic N) is 1. The number of amides is 1. The van der Waals surface area contributed by atoms with Crippen LogP contribution in [0.5, 0.6) is 0 Å². The number of para-hydroxylation sites is 1. The van der Waals surface area contributed by atoms with Gasteiger partial charge in [0.1, 0.15) is 0 Å². The van der Waals surface area contributed by atoms with E-state index in [0.29, 0.717) is 15.7 Å². The molecule has 0 aliphatic carbocycles. The Hall–Kier alpha value is -2.04. The van der Waals surface area contributed by atoms with Crippen molar-refractivity contribution in [1.29, 1.82) is 0 Å². The smallest absolute Gasteiger partial charge is 0.339 e. The van der Waals surface area contributed by atoms with Gasteiger partial charge >= 0.3 is 5.97 Å². The van der Waals surface area contributed by atoms with Gasteiger partial charge in [-0.1, -0.05) is 41.4 Å². The summed E-state index contributed by atoms with van der Waals surface area (Å²) in [6, 6.07) is 13.5. The standard InChI is InChI=1S/C17H15Cl2NO3/c1-11(16(21)20(2)15-6-4-3-5-7-15)23-17(22)12-8-13(18)10-14(19)9-12/h3-11H,1-2H3/t11-/m0/s1. The van der Waals surface area contributed by atoms with Crippen LogP contribution < -0.4 is 4.90 Å². The molecule has 2 aromatic rings. The van der Waals surface area contributed by atoms with Crippen molar-refractivity contribution in [3.63, 3.8) is 0 Å². The highest BCUT2D eigenvalue weighted by Gasteiger charge is 2.23. The van der Waals surface area contributed by atoms with Gasteiger partial charge in [-0.25, -0.2) is 4.79 Å². The van der Waals surface area contributed by atoms with Gasteiger partial charge in [-0.3, -0.25) is 4.79 Å². The summed E-state index contributed by atoms with van der Waals surface area (Å²) in [5.74, 6) is -0.991. The number of halogens is 2. The van der Waals surface area contributed by atoms with Crippen molar-refractivity contribution >= 4 is 40.8 Å². The van der Waals surface area contributed by atoms with Gasteiger partial charge in [0.05, 0.1) is 5.56 Å². The lowest BCUT2D eigenvalue weighted by Crippen LogP contribution is -2.37. The normalized spacial score (nSPS) is 11.7. The van der Waals surface area contributed by atoms with E-state index in [1.165, 1.54) is 30.0 Å². The largest absolute Gasteiger partial charge is 0.449 e. The van der Waals surface area contributed by atoms with Crippen molar-refractivity contribution in [2.45, 2.75) is 13.0 Å². The summed E-state index contributed by atoms with van der Waals surface area (Å²) in [6.45, 7) is 1.52. The third kappa shape index (κ3) is 4.47. The fourth-order valence-corrected chi connectivity index (χ4v) is 2.53. The van der Waals surface area contributed by atoms with Gasteiger partial charge in [-0.15, -0.1) is 0 Å². The van der Waals surface area contributed by atoms with Crippen molar-refractivity contribution in [2.24, 2.45) is 0 Å². The number of rotatable bonds is 4. The van der Waals surface area contributed by atoms with Gasteiger partial charge in [0, 0.05) is 22.8 Å². The molecule has 0 heterocycles. The van der Waals surface area contributed by atoms with Crippen LogP contribution in [-0.2, 0) is 9.53 Å². The molecule has 0 radical (unpaired) electrons. The van der Waals surface area contributed by atoms with Gasteiger partial charge in [0.2, 0.25) is 0 Å². The second kappa shape index (κ2) is 7.49. The second-order valence-electron chi connectivity index (χ2n) is 4.94. The van der Waals surface area contributed by atoms with Crippen molar-refractivity contribution in [3.05, 3.63) is 64.1 Å². The molecule has 0 aromatic heterocycles. The van der Waals surface area contributed by atoms with Crippen LogP contribution in [0.4, 0.5) is 5.69 Å². The summed E-state index contributed by atoms with van der Waals surface area (Å²) >= 11 is 11.7. The van der Waals surface area contributed by atoms with E-state index < -0.39 is 12.1 Å². The number of carbonyl (C=O) groups excluding carboxylic acids is 2. The number of carbonyl (C=O) groups is 2. The predicted octanol–water partition coefficient (Wildman–Crippen LogP) is 4.20. The zero-order valence-electron chi connectivity index (χ0n) is 12.6. The SMILES string of the molecule is C[C@H](OC(=O)c1cc(Cl)cc(Cl)c1)C(=O)N(C)c1ccccc1. The van der Waals surface area contributed by atoms with Crippen LogP contribution in [-0.4, -0.2) is 25.0 Å². The maximum Gasteiger partial charge on any atom is 0.339 e. The molecule has 4 nitrogen and oxygen atoms in total. The quantitative estimate of drug-likeness (QED) is 0.775. The van der Waals surface area contributed by atoms with Gasteiger partial charge in [0.15, 0.2) is 6.10 Å². The Morgan fingerprint density at radius 1 is 1.04 bits per heavy atom. The molecular formula is C17H15Cl2NO3. The number of hydrogen-bond donors (Lipinski definition) is 0. The Balaban J connectivity index is 2.07. The minimum absolute atomic E-state index is 0.199. The zero-order chi connectivity index (χ0) is 17.0. The lowest BCUT2D eigenvalue weighted by Gasteiger charge is -2.21. The van der Waals surface area contributed by atoms with Gasteiger partial charge < -0.3 is 9.64 Å². The topological polar surface area (TPSA) is 46.6 Å². The first-order valence-corrected chi connectivity index (χ1v) is 7.64. The summed E-state index contributed by atoms with van der Waals surface area (Å²) in [4.78, 5) is 25.9. The minimum Gasteiger partial charge on any atom is -0.449 e. The van der Waals surface area contributed by atoms with Crippen molar-refractivity contribution in [2.75, 3.05) is 11.9 Å². The Bertz CT molecular complexity index is 699. The van der Waals surface area contributed by atoms with Crippen LogP contribution in [0.2, 0.25) is 10.0 Å². The minimum atomic E-state index is -0.939. The molecule has 0 aliphatic heterocycles. The summed E-state index contributed by atoms with van der Waals surface area (Å²) in [5.41, 5.74) is 0.913. The maximum atomic E-state index is 12.3. The van der Waals surface area contributed by atoms with E-state index in [1.54, 1.807) is 19.2 Å². The Morgan fingerprint density at radius 2 is 1.61 bits per heavy atom. The fraction of sp³-hybridized carbons (Fsp3) is 0.176. The highest BCUT2D eigenvalue weighted by molar-refractivity contribution is 6.35. The highest BCUT2D eigenvalue weighted by Crippen LogP contribution is 2.20. The van der Waals surface area contributed by atoms with E-state index in [4.69, 9.17) is 27.9 Å². The van der Waals surface area contributed by atoms with Gasteiger partial charge in [-0.2, -0.15) is 0 Å². The molecule has 1 amide bonds. The molecule has 0 saturated carbocycles. The van der Waals surface area contributed by atoms with Crippen LogP contribution in [0.25, 0.3) is 0 Å². The highest BCUT2D eigenvalue weighted by atomic mass is 35.5. The van der Waals surface area contributed by atoms with Gasteiger partial charge in [0.25, 0.3) is 5.91 Å². The molecular weight excluding hydrogens is 337 g/mol. The third-order valence-electron chi connectivity index (χ3n) is 3.20. The zero-order valence-corrected chi connectivity index (χ0v) is 14.1. The number of hydrogen-bond acceptors (Lipinski definition) is 3. The van der Waals surface area contributed by atoms with E-state index in [-0.39, 0.29) is 11.5 Å². The average Bonchev–Trinajstić information content (AvgIpc) is 2.53. The first-order valence-electron chi connectivity index (χ1n) is 6.88. The molecule has 2 rings (SSSR count). The Morgan fingerprint density at radius 3 is 2.17 bits per heavy atom. The van der Waals surface area contributed by atoms with Gasteiger partial charge in [-0.05, 0) is 37.3 Å². The number of benzene rings is 2. The molecule has 0 N–H and O–H groups in total.